The number of para-hydroxylation sites is 1. The van der Waals surface area contributed by atoms with Gasteiger partial charge in [-0.15, -0.1) is 0 Å². The molecule has 2 aliphatic heterocycles. The molecule has 1 atom stereocenters. The molecule has 0 aliphatic carbocycles. The lowest BCUT2D eigenvalue weighted by Crippen LogP contribution is -2.44. The Labute approximate surface area is 195 Å². The Morgan fingerprint density at radius 1 is 1.24 bits per heavy atom. The van der Waals surface area contributed by atoms with E-state index in [9.17, 15) is 4.79 Å². The molecule has 0 saturated carbocycles. The van der Waals surface area contributed by atoms with Gasteiger partial charge in [0, 0.05) is 44.2 Å². The summed E-state index contributed by atoms with van der Waals surface area (Å²) >= 11 is 0. The molecule has 4 rings (SSSR count). The number of carbonyl (C=O) groups excluding carboxylic acids is 1. The van der Waals surface area contributed by atoms with E-state index in [0.29, 0.717) is 52.0 Å². The lowest BCUT2D eigenvalue weighted by molar-refractivity contribution is -0.133. The maximum absolute atomic E-state index is 13.1. The topological polar surface area (TPSA) is 81.9 Å². The fourth-order valence-electron chi connectivity index (χ4n) is 4.60. The molecule has 0 unspecified atom stereocenters. The van der Waals surface area contributed by atoms with E-state index in [2.05, 4.69) is 21.0 Å². The van der Waals surface area contributed by atoms with Crippen LogP contribution in [0.1, 0.15) is 38.2 Å². The quantitative estimate of drug-likeness (QED) is 0.659. The molecule has 0 N–H and O–H groups in total. The number of rotatable bonds is 6. The summed E-state index contributed by atoms with van der Waals surface area (Å²) in [6.07, 6.45) is 6.67. The van der Waals surface area contributed by atoms with Crippen LogP contribution in [-0.2, 0) is 22.6 Å². The van der Waals surface area contributed by atoms with Gasteiger partial charge in [-0.2, -0.15) is 5.10 Å². The van der Waals surface area contributed by atoms with Gasteiger partial charge in [0.15, 0.2) is 11.5 Å². The smallest absolute Gasteiger partial charge is 0.222 e. The number of hydrogen-bond acceptors (Lipinski definition) is 7. The molecule has 2 aliphatic rings. The van der Waals surface area contributed by atoms with E-state index in [1.807, 2.05) is 24.0 Å². The summed E-state index contributed by atoms with van der Waals surface area (Å²) < 4.78 is 19.5. The van der Waals surface area contributed by atoms with Gasteiger partial charge in [0.25, 0.3) is 0 Å². The number of ether oxygens (including phenoxy) is 3. The van der Waals surface area contributed by atoms with Crippen LogP contribution in [-0.4, -0.2) is 82.6 Å². The number of fused-ring (bicyclic) bond motifs is 2. The predicted molar refractivity (Wildman–Crippen MR) is 123 cm³/mol. The number of aryl methyl sites for hydroxylation is 1. The third-order valence-corrected chi connectivity index (χ3v) is 6.24. The number of aromatic nitrogens is 3. The molecular weight excluding hydrogens is 422 g/mol. The Kier molecular flexibility index (Phi) is 8.54. The predicted octanol–water partition coefficient (Wildman–Crippen LogP) is 2.36. The van der Waals surface area contributed by atoms with Gasteiger partial charge in [0.1, 0.15) is 19.3 Å². The number of hydrogen-bond donors (Lipinski definition) is 0. The summed E-state index contributed by atoms with van der Waals surface area (Å²) in [5, 5.41) is 4.12. The summed E-state index contributed by atoms with van der Waals surface area (Å²) in [7, 11) is 0. The summed E-state index contributed by atoms with van der Waals surface area (Å²) in [4.78, 5) is 21.5. The summed E-state index contributed by atoms with van der Waals surface area (Å²) in [6.45, 7) is 7.84. The van der Waals surface area contributed by atoms with Crippen molar-refractivity contribution in [3.8, 4) is 11.5 Å². The molecule has 180 valence electrons. The molecule has 2 aromatic rings. The summed E-state index contributed by atoms with van der Waals surface area (Å²) in [6, 6.07) is 6.43. The summed E-state index contributed by atoms with van der Waals surface area (Å²) in [5.41, 5.74) is 1.12. The van der Waals surface area contributed by atoms with E-state index in [1.165, 1.54) is 6.33 Å². The van der Waals surface area contributed by atoms with Crippen molar-refractivity contribution in [3.63, 3.8) is 0 Å². The van der Waals surface area contributed by atoms with E-state index < -0.39 is 0 Å². The zero-order chi connectivity index (χ0) is 22.9. The molecule has 1 aromatic heterocycles. The Morgan fingerprint density at radius 2 is 2.18 bits per heavy atom. The van der Waals surface area contributed by atoms with Crippen molar-refractivity contribution in [1.29, 1.82) is 0 Å². The van der Waals surface area contributed by atoms with Gasteiger partial charge >= 0.3 is 0 Å². The largest absolute Gasteiger partial charge is 0.490 e. The highest BCUT2D eigenvalue weighted by Crippen LogP contribution is 2.34. The highest BCUT2D eigenvalue weighted by atomic mass is 16.5. The second kappa shape index (κ2) is 12.0. The Bertz CT molecular complexity index is 876. The van der Waals surface area contributed by atoms with Gasteiger partial charge in [0.05, 0.1) is 19.8 Å². The van der Waals surface area contributed by atoms with Gasteiger partial charge in [-0.25, -0.2) is 4.98 Å². The van der Waals surface area contributed by atoms with E-state index in [0.717, 1.165) is 56.0 Å². The maximum atomic E-state index is 13.1. The minimum atomic E-state index is 0.177. The summed E-state index contributed by atoms with van der Waals surface area (Å²) in [5.74, 6) is 1.77. The van der Waals surface area contributed by atoms with Crippen molar-refractivity contribution in [2.45, 2.75) is 51.7 Å². The van der Waals surface area contributed by atoms with Crippen LogP contribution < -0.4 is 9.47 Å². The SMILES string of the molecule is CCOc1cccc2c1OCCOCCN(C(=O)CCCn1cncn1)C[C@@H]1CCCN1C2. The first-order valence-corrected chi connectivity index (χ1v) is 12.0. The van der Waals surface area contributed by atoms with Crippen LogP contribution in [0.2, 0.25) is 0 Å². The molecule has 3 heterocycles. The minimum absolute atomic E-state index is 0.177. The second-order valence-corrected chi connectivity index (χ2v) is 8.51. The van der Waals surface area contributed by atoms with Gasteiger partial charge in [-0.05, 0) is 38.8 Å². The molecule has 1 amide bonds. The normalized spacial score (nSPS) is 20.0. The Hall–Kier alpha value is -2.65. The van der Waals surface area contributed by atoms with Crippen LogP contribution in [0.4, 0.5) is 0 Å². The third kappa shape index (κ3) is 6.45. The van der Waals surface area contributed by atoms with Crippen molar-refractivity contribution >= 4 is 5.91 Å². The van der Waals surface area contributed by atoms with Crippen molar-refractivity contribution in [2.75, 3.05) is 46.1 Å². The van der Waals surface area contributed by atoms with Crippen LogP contribution in [0, 0.1) is 0 Å². The van der Waals surface area contributed by atoms with Crippen molar-refractivity contribution in [2.24, 2.45) is 0 Å². The molecule has 0 bridgehead atoms. The van der Waals surface area contributed by atoms with Crippen molar-refractivity contribution < 1.29 is 19.0 Å². The van der Waals surface area contributed by atoms with Crippen molar-refractivity contribution in [3.05, 3.63) is 36.4 Å². The van der Waals surface area contributed by atoms with Gasteiger partial charge in [-0.1, -0.05) is 12.1 Å². The number of benzene rings is 1. The average Bonchev–Trinajstić information content (AvgIpc) is 3.48. The highest BCUT2D eigenvalue weighted by molar-refractivity contribution is 5.76. The molecule has 9 nitrogen and oxygen atoms in total. The molecule has 1 aromatic carbocycles. The fraction of sp³-hybridized carbons (Fsp3) is 0.625. The van der Waals surface area contributed by atoms with E-state index in [1.54, 1.807) is 11.0 Å². The first-order valence-electron chi connectivity index (χ1n) is 12.0. The molecule has 9 heteroatoms. The van der Waals surface area contributed by atoms with Crippen LogP contribution >= 0.6 is 0 Å². The third-order valence-electron chi connectivity index (χ3n) is 6.24. The lowest BCUT2D eigenvalue weighted by Gasteiger charge is -2.31. The van der Waals surface area contributed by atoms with E-state index in [4.69, 9.17) is 14.2 Å². The molecule has 33 heavy (non-hydrogen) atoms. The van der Waals surface area contributed by atoms with E-state index in [-0.39, 0.29) is 5.91 Å². The molecule has 1 saturated heterocycles. The monoisotopic (exact) mass is 457 g/mol. The fourth-order valence-corrected chi connectivity index (χ4v) is 4.60. The first-order chi connectivity index (χ1) is 16.2. The van der Waals surface area contributed by atoms with Gasteiger partial charge in [0.2, 0.25) is 5.91 Å². The molecular formula is C24H35N5O4. The highest BCUT2D eigenvalue weighted by Gasteiger charge is 2.29. The lowest BCUT2D eigenvalue weighted by atomic mass is 10.1. The average molecular weight is 458 g/mol. The van der Waals surface area contributed by atoms with Crippen LogP contribution in [0.25, 0.3) is 0 Å². The maximum Gasteiger partial charge on any atom is 0.222 e. The minimum Gasteiger partial charge on any atom is -0.490 e. The Balaban J connectivity index is 1.44. The van der Waals surface area contributed by atoms with Gasteiger partial charge in [-0.3, -0.25) is 14.4 Å². The molecule has 0 radical (unpaired) electrons. The number of carbonyl (C=O) groups is 1. The zero-order valence-electron chi connectivity index (χ0n) is 19.5. The van der Waals surface area contributed by atoms with E-state index >= 15 is 0 Å². The van der Waals surface area contributed by atoms with Crippen molar-refractivity contribution in [1.82, 2.24) is 24.6 Å². The Morgan fingerprint density at radius 3 is 3.03 bits per heavy atom. The van der Waals surface area contributed by atoms with Crippen LogP contribution in [0.15, 0.2) is 30.9 Å². The molecule has 1 fully saturated rings. The van der Waals surface area contributed by atoms with Crippen LogP contribution in [0.5, 0.6) is 11.5 Å². The van der Waals surface area contributed by atoms with Crippen LogP contribution in [0.3, 0.4) is 0 Å². The standard InChI is InChI=1S/C24H35N5O4/c1-2-32-22-8-3-6-20-16-27-10-4-7-21(27)17-28(12-13-31-14-15-33-24(20)22)23(30)9-5-11-29-19-25-18-26-29/h3,6,8,18-19,21H,2,4-5,7,9-17H2,1H3/t21-/m0/s1. The van der Waals surface area contributed by atoms with Gasteiger partial charge < -0.3 is 19.1 Å². The molecule has 0 spiro atoms. The second-order valence-electron chi connectivity index (χ2n) is 8.51. The number of nitrogens with zero attached hydrogens (tertiary/aromatic N) is 5. The number of amides is 1. The first kappa shape index (κ1) is 23.5. The zero-order valence-corrected chi connectivity index (χ0v) is 19.5.